The highest BCUT2D eigenvalue weighted by molar-refractivity contribution is 9.10. The van der Waals surface area contributed by atoms with Crippen molar-refractivity contribution in [3.63, 3.8) is 0 Å². The van der Waals surface area contributed by atoms with E-state index in [1.165, 1.54) is 25.1 Å². The molecule has 4 N–H and O–H groups in total. The number of benzene rings is 2. The van der Waals surface area contributed by atoms with Crippen LogP contribution in [-0.2, 0) is 27.2 Å². The maximum absolute atomic E-state index is 13.9. The van der Waals surface area contributed by atoms with Gasteiger partial charge in [-0.05, 0) is 23.3 Å². The van der Waals surface area contributed by atoms with E-state index in [0.29, 0.717) is 0 Å². The van der Waals surface area contributed by atoms with Gasteiger partial charge in [0.2, 0.25) is 17.7 Å². The largest absolute Gasteiger partial charge is 0.368 e. The van der Waals surface area contributed by atoms with E-state index in [9.17, 15) is 18.8 Å². The second kappa shape index (κ2) is 9.98. The average molecular weight is 450 g/mol. The van der Waals surface area contributed by atoms with Gasteiger partial charge in [0, 0.05) is 24.2 Å². The van der Waals surface area contributed by atoms with Gasteiger partial charge in [0.25, 0.3) is 0 Å². The number of hydrogen-bond acceptors (Lipinski definition) is 3. The number of carbonyl (C=O) groups excluding carboxylic acids is 3. The Kier molecular flexibility index (Phi) is 7.69. The van der Waals surface area contributed by atoms with E-state index >= 15 is 0 Å². The molecule has 2 aromatic carbocycles. The Hall–Kier alpha value is -2.74. The lowest BCUT2D eigenvalue weighted by atomic mass is 10.0. The Morgan fingerprint density at radius 3 is 2.11 bits per heavy atom. The number of carbonyl (C=O) groups is 3. The Bertz CT molecular complexity index is 875. The molecular weight excluding hydrogens is 429 g/mol. The van der Waals surface area contributed by atoms with Crippen LogP contribution in [0, 0.1) is 5.82 Å². The first-order valence-electron chi connectivity index (χ1n) is 8.61. The van der Waals surface area contributed by atoms with E-state index in [1.807, 2.05) is 12.1 Å². The molecule has 0 fully saturated rings. The molecule has 0 aromatic heterocycles. The lowest BCUT2D eigenvalue weighted by molar-refractivity contribution is -0.130. The summed E-state index contributed by atoms with van der Waals surface area (Å²) in [6.45, 7) is 1.26. The third kappa shape index (κ3) is 6.16. The molecule has 2 aromatic rings. The zero-order chi connectivity index (χ0) is 20.7. The predicted molar refractivity (Wildman–Crippen MR) is 107 cm³/mol. The number of halogens is 2. The number of nitrogens with two attached hydrogens (primary N) is 1. The third-order valence-corrected chi connectivity index (χ3v) is 4.89. The molecule has 148 valence electrons. The molecular formula is C20H21BrFN3O3. The molecule has 8 heteroatoms. The minimum absolute atomic E-state index is 0.0569. The monoisotopic (exact) mass is 449 g/mol. The third-order valence-electron chi connectivity index (χ3n) is 4.12. The lowest BCUT2D eigenvalue weighted by Gasteiger charge is -2.22. The van der Waals surface area contributed by atoms with E-state index in [2.05, 4.69) is 26.6 Å². The fraction of sp³-hybridized carbons (Fsp3) is 0.250. The van der Waals surface area contributed by atoms with Crippen LogP contribution in [0.1, 0.15) is 18.1 Å². The fourth-order valence-electron chi connectivity index (χ4n) is 2.72. The van der Waals surface area contributed by atoms with Crippen LogP contribution in [0.5, 0.6) is 0 Å². The standard InChI is InChI=1S/C20H21BrFN3O3/c1-12(26)24-18(11-14-7-3-5-9-16(14)22)20(28)25-17(19(23)27)10-13-6-2-4-8-15(13)21/h2-9,17-18H,10-11H2,1H3,(H2,23,27)(H,24,26)(H,25,28)/t17-,18-/m1/s1. The summed E-state index contributed by atoms with van der Waals surface area (Å²) in [6, 6.07) is 11.2. The summed E-state index contributed by atoms with van der Waals surface area (Å²) in [5, 5.41) is 5.06. The summed E-state index contributed by atoms with van der Waals surface area (Å²) < 4.78 is 14.7. The zero-order valence-electron chi connectivity index (χ0n) is 15.2. The van der Waals surface area contributed by atoms with Gasteiger partial charge in [-0.1, -0.05) is 52.3 Å². The molecule has 0 bridgehead atoms. The summed E-state index contributed by atoms with van der Waals surface area (Å²) in [7, 11) is 0. The van der Waals surface area contributed by atoms with Gasteiger partial charge in [-0.3, -0.25) is 14.4 Å². The first kappa shape index (κ1) is 21.6. The maximum atomic E-state index is 13.9. The number of rotatable bonds is 8. The van der Waals surface area contributed by atoms with Gasteiger partial charge in [-0.2, -0.15) is 0 Å². The van der Waals surface area contributed by atoms with Crippen LogP contribution >= 0.6 is 15.9 Å². The molecule has 0 saturated carbocycles. The Morgan fingerprint density at radius 1 is 0.964 bits per heavy atom. The molecule has 28 heavy (non-hydrogen) atoms. The number of amides is 3. The summed E-state index contributed by atoms with van der Waals surface area (Å²) in [6.07, 6.45) is 0.119. The quantitative estimate of drug-likeness (QED) is 0.572. The van der Waals surface area contributed by atoms with Crippen LogP contribution in [0.2, 0.25) is 0 Å². The van der Waals surface area contributed by atoms with Crippen molar-refractivity contribution in [1.82, 2.24) is 10.6 Å². The van der Waals surface area contributed by atoms with Crippen molar-refractivity contribution in [2.45, 2.75) is 31.8 Å². The summed E-state index contributed by atoms with van der Waals surface area (Å²) in [5.74, 6) is -2.26. The van der Waals surface area contributed by atoms with Gasteiger partial charge in [0.1, 0.15) is 17.9 Å². The number of primary amides is 1. The van der Waals surface area contributed by atoms with E-state index in [4.69, 9.17) is 5.73 Å². The van der Waals surface area contributed by atoms with E-state index < -0.39 is 35.6 Å². The second-order valence-electron chi connectivity index (χ2n) is 6.31. The molecule has 0 saturated heterocycles. The molecule has 0 spiro atoms. The van der Waals surface area contributed by atoms with Crippen molar-refractivity contribution in [2.24, 2.45) is 5.73 Å². The van der Waals surface area contributed by atoms with Gasteiger partial charge in [0.05, 0.1) is 0 Å². The van der Waals surface area contributed by atoms with E-state index in [-0.39, 0.29) is 18.4 Å². The van der Waals surface area contributed by atoms with Crippen LogP contribution in [0.3, 0.4) is 0 Å². The Labute approximate surface area is 170 Å². The maximum Gasteiger partial charge on any atom is 0.243 e. The molecule has 0 aliphatic carbocycles. The van der Waals surface area contributed by atoms with Gasteiger partial charge in [0.15, 0.2) is 0 Å². The number of hydrogen-bond donors (Lipinski definition) is 3. The first-order chi connectivity index (χ1) is 13.3. The topological polar surface area (TPSA) is 101 Å². The Morgan fingerprint density at radius 2 is 1.54 bits per heavy atom. The van der Waals surface area contributed by atoms with Gasteiger partial charge in [-0.15, -0.1) is 0 Å². The molecule has 0 heterocycles. The minimum Gasteiger partial charge on any atom is -0.368 e. The van der Waals surface area contributed by atoms with Crippen LogP contribution in [0.4, 0.5) is 4.39 Å². The highest BCUT2D eigenvalue weighted by Crippen LogP contribution is 2.17. The Balaban J connectivity index is 2.17. The second-order valence-corrected chi connectivity index (χ2v) is 7.16. The van der Waals surface area contributed by atoms with Gasteiger partial charge in [-0.25, -0.2) is 4.39 Å². The molecule has 2 rings (SSSR count). The SMILES string of the molecule is CC(=O)N[C@H](Cc1ccccc1F)C(=O)N[C@H](Cc1ccccc1Br)C(N)=O. The van der Waals surface area contributed by atoms with Crippen LogP contribution in [0.15, 0.2) is 53.0 Å². The number of nitrogens with one attached hydrogen (secondary N) is 2. The average Bonchev–Trinajstić information content (AvgIpc) is 2.63. The highest BCUT2D eigenvalue weighted by Gasteiger charge is 2.26. The van der Waals surface area contributed by atoms with E-state index in [1.54, 1.807) is 18.2 Å². The molecule has 2 atom stereocenters. The van der Waals surface area contributed by atoms with Gasteiger partial charge >= 0.3 is 0 Å². The normalized spacial score (nSPS) is 12.7. The molecule has 0 unspecified atom stereocenters. The van der Waals surface area contributed by atoms with Crippen molar-refractivity contribution in [1.29, 1.82) is 0 Å². The van der Waals surface area contributed by atoms with Crippen molar-refractivity contribution < 1.29 is 18.8 Å². The van der Waals surface area contributed by atoms with Crippen molar-refractivity contribution >= 4 is 33.7 Å². The predicted octanol–water partition coefficient (Wildman–Crippen LogP) is 1.85. The molecule has 0 radical (unpaired) electrons. The van der Waals surface area contributed by atoms with Gasteiger partial charge < -0.3 is 16.4 Å². The minimum atomic E-state index is -1.05. The smallest absolute Gasteiger partial charge is 0.243 e. The van der Waals surface area contributed by atoms with Crippen molar-refractivity contribution in [3.05, 3.63) is 69.9 Å². The molecule has 0 aliphatic rings. The zero-order valence-corrected chi connectivity index (χ0v) is 16.8. The van der Waals surface area contributed by atoms with Crippen molar-refractivity contribution in [2.75, 3.05) is 0 Å². The van der Waals surface area contributed by atoms with Crippen LogP contribution < -0.4 is 16.4 Å². The molecule has 0 aliphatic heterocycles. The van der Waals surface area contributed by atoms with Crippen LogP contribution in [0.25, 0.3) is 0 Å². The molecule has 6 nitrogen and oxygen atoms in total. The fourth-order valence-corrected chi connectivity index (χ4v) is 3.16. The van der Waals surface area contributed by atoms with E-state index in [0.717, 1.165) is 10.0 Å². The summed E-state index contributed by atoms with van der Waals surface area (Å²) >= 11 is 3.39. The summed E-state index contributed by atoms with van der Waals surface area (Å²) in [4.78, 5) is 36.1. The molecule has 3 amide bonds. The lowest BCUT2D eigenvalue weighted by Crippen LogP contribution is -2.54. The highest BCUT2D eigenvalue weighted by atomic mass is 79.9. The first-order valence-corrected chi connectivity index (χ1v) is 9.41. The summed E-state index contributed by atoms with van der Waals surface area (Å²) in [5.41, 5.74) is 6.51. The van der Waals surface area contributed by atoms with Crippen LogP contribution in [-0.4, -0.2) is 29.8 Å². The van der Waals surface area contributed by atoms with Crippen molar-refractivity contribution in [3.8, 4) is 0 Å².